The highest BCUT2D eigenvalue weighted by Gasteiger charge is 2.34. The number of β-amino-alcohol motifs (C(OH)–C–C–N with tert-alkyl or cyclic N) is 1. The predicted molar refractivity (Wildman–Crippen MR) is 52.0 cm³/mol. The lowest BCUT2D eigenvalue weighted by atomic mass is 10.3. The van der Waals surface area contributed by atoms with Crippen LogP contribution in [-0.2, 0) is 4.79 Å². The van der Waals surface area contributed by atoms with E-state index in [1.165, 1.54) is 0 Å². The molecule has 6 heteroatoms. The van der Waals surface area contributed by atoms with E-state index in [0.717, 1.165) is 11.8 Å². The zero-order chi connectivity index (χ0) is 10.1. The molecule has 2 aliphatic rings. The summed E-state index contributed by atoms with van der Waals surface area (Å²) in [6, 6.07) is -0.391. The van der Waals surface area contributed by atoms with Crippen molar-refractivity contribution in [2.24, 2.45) is 0 Å². The molecule has 2 heterocycles. The van der Waals surface area contributed by atoms with E-state index in [1.807, 2.05) is 0 Å². The number of hydrogen-bond acceptors (Lipinski definition) is 4. The van der Waals surface area contributed by atoms with Crippen LogP contribution in [0, 0.1) is 0 Å². The molecule has 2 amide bonds. The highest BCUT2D eigenvalue weighted by Crippen LogP contribution is 2.17. The van der Waals surface area contributed by atoms with Crippen molar-refractivity contribution < 1.29 is 14.7 Å². The number of aliphatic hydroxyl groups excluding tert-OH is 1. The van der Waals surface area contributed by atoms with E-state index in [0.29, 0.717) is 25.3 Å². The summed E-state index contributed by atoms with van der Waals surface area (Å²) in [6.45, 7) is 0.993. The van der Waals surface area contributed by atoms with Gasteiger partial charge in [-0.15, -0.1) is 0 Å². The molecule has 2 saturated heterocycles. The molecule has 2 fully saturated rings. The van der Waals surface area contributed by atoms with Crippen molar-refractivity contribution in [2.45, 2.75) is 18.6 Å². The first-order valence-corrected chi connectivity index (χ1v) is 5.55. The molecule has 0 spiro atoms. The molecule has 2 atom stereocenters. The summed E-state index contributed by atoms with van der Waals surface area (Å²) in [6.07, 6.45) is 0.239. The zero-order valence-electron chi connectivity index (χ0n) is 7.60. The lowest BCUT2D eigenvalue weighted by molar-refractivity contribution is -0.131. The summed E-state index contributed by atoms with van der Waals surface area (Å²) in [4.78, 5) is 24.2. The maximum atomic E-state index is 11.7. The molecule has 0 aromatic heterocycles. The average Bonchev–Trinajstić information content (AvgIpc) is 2.73. The largest absolute Gasteiger partial charge is 0.391 e. The van der Waals surface area contributed by atoms with E-state index in [2.05, 4.69) is 5.32 Å². The molecule has 14 heavy (non-hydrogen) atoms. The topological polar surface area (TPSA) is 69.6 Å². The predicted octanol–water partition coefficient (Wildman–Crippen LogP) is -0.595. The second-order valence-corrected chi connectivity index (χ2v) is 4.51. The Bertz CT molecular complexity index is 271. The first kappa shape index (κ1) is 9.79. The molecule has 5 nitrogen and oxygen atoms in total. The molecule has 78 valence electrons. The molecule has 0 radical (unpaired) electrons. The molecule has 0 aromatic carbocycles. The highest BCUT2D eigenvalue weighted by atomic mass is 32.2. The van der Waals surface area contributed by atoms with Crippen LogP contribution in [0.15, 0.2) is 0 Å². The van der Waals surface area contributed by atoms with Gasteiger partial charge in [0.05, 0.1) is 6.10 Å². The summed E-state index contributed by atoms with van der Waals surface area (Å²) < 4.78 is 0. The van der Waals surface area contributed by atoms with Crippen molar-refractivity contribution in [1.29, 1.82) is 0 Å². The van der Waals surface area contributed by atoms with Crippen LogP contribution in [0.5, 0.6) is 0 Å². The maximum Gasteiger partial charge on any atom is 0.279 e. The zero-order valence-corrected chi connectivity index (χ0v) is 8.42. The number of hydrogen-bond donors (Lipinski definition) is 2. The Morgan fingerprint density at radius 2 is 2.43 bits per heavy atom. The monoisotopic (exact) mass is 216 g/mol. The van der Waals surface area contributed by atoms with Crippen molar-refractivity contribution in [3.8, 4) is 0 Å². The standard InChI is InChI=1S/C8H12N2O3S/c11-5-1-2-10(3-5)7(12)6-4-14-8(13)9-6/h5-6,11H,1-4H2,(H,9,13). The summed E-state index contributed by atoms with van der Waals surface area (Å²) in [5, 5.41) is 11.7. The van der Waals surface area contributed by atoms with Gasteiger partial charge in [-0.1, -0.05) is 11.8 Å². The third-order valence-electron chi connectivity index (χ3n) is 2.45. The van der Waals surface area contributed by atoms with E-state index < -0.39 is 12.1 Å². The fraction of sp³-hybridized carbons (Fsp3) is 0.750. The van der Waals surface area contributed by atoms with Gasteiger partial charge >= 0.3 is 0 Å². The minimum atomic E-state index is -0.399. The number of amides is 2. The quantitative estimate of drug-likeness (QED) is 0.614. The number of likely N-dealkylation sites (tertiary alicyclic amines) is 1. The van der Waals surface area contributed by atoms with Crippen molar-refractivity contribution in [1.82, 2.24) is 10.2 Å². The Morgan fingerprint density at radius 1 is 1.64 bits per heavy atom. The third kappa shape index (κ3) is 1.85. The molecule has 0 aromatic rings. The van der Waals surface area contributed by atoms with Gasteiger partial charge in [-0.3, -0.25) is 9.59 Å². The molecule has 2 aliphatic heterocycles. The van der Waals surface area contributed by atoms with E-state index in [-0.39, 0.29) is 11.1 Å². The average molecular weight is 216 g/mol. The van der Waals surface area contributed by atoms with Crippen LogP contribution in [0.3, 0.4) is 0 Å². The first-order chi connectivity index (χ1) is 6.66. The van der Waals surface area contributed by atoms with Gasteiger partial charge in [-0.25, -0.2) is 0 Å². The van der Waals surface area contributed by atoms with Crippen LogP contribution in [0.4, 0.5) is 4.79 Å². The number of nitrogens with zero attached hydrogens (tertiary/aromatic N) is 1. The number of thioether (sulfide) groups is 1. The van der Waals surface area contributed by atoms with E-state index in [1.54, 1.807) is 4.90 Å². The van der Waals surface area contributed by atoms with Crippen molar-refractivity contribution in [3.05, 3.63) is 0 Å². The molecule has 0 bridgehead atoms. The highest BCUT2D eigenvalue weighted by molar-refractivity contribution is 8.14. The summed E-state index contributed by atoms with van der Waals surface area (Å²) >= 11 is 1.13. The van der Waals surface area contributed by atoms with Crippen LogP contribution >= 0.6 is 11.8 Å². The first-order valence-electron chi connectivity index (χ1n) is 4.57. The normalized spacial score (nSPS) is 32.1. The summed E-state index contributed by atoms with van der Waals surface area (Å²) in [7, 11) is 0. The van der Waals surface area contributed by atoms with E-state index >= 15 is 0 Å². The third-order valence-corrected chi connectivity index (χ3v) is 3.33. The van der Waals surface area contributed by atoms with Gasteiger partial charge < -0.3 is 15.3 Å². The van der Waals surface area contributed by atoms with Gasteiger partial charge in [-0.05, 0) is 6.42 Å². The summed E-state index contributed by atoms with van der Waals surface area (Å²) in [5.41, 5.74) is 0. The molecular formula is C8H12N2O3S. The fourth-order valence-electron chi connectivity index (χ4n) is 1.68. The van der Waals surface area contributed by atoms with Crippen LogP contribution < -0.4 is 5.32 Å². The Balaban J connectivity index is 1.92. The molecule has 2 N–H and O–H groups in total. The minimum Gasteiger partial charge on any atom is -0.391 e. The van der Waals surface area contributed by atoms with Gasteiger partial charge in [0.15, 0.2) is 0 Å². The second-order valence-electron chi connectivity index (χ2n) is 3.52. The Morgan fingerprint density at radius 3 is 2.93 bits per heavy atom. The lowest BCUT2D eigenvalue weighted by Crippen LogP contribution is -2.44. The minimum absolute atomic E-state index is 0.0695. The maximum absolute atomic E-state index is 11.7. The van der Waals surface area contributed by atoms with Gasteiger partial charge in [0.2, 0.25) is 5.91 Å². The molecule has 2 unspecified atom stereocenters. The van der Waals surface area contributed by atoms with Crippen molar-refractivity contribution in [2.75, 3.05) is 18.8 Å². The van der Waals surface area contributed by atoms with Crippen LogP contribution in [0.25, 0.3) is 0 Å². The van der Waals surface area contributed by atoms with Crippen LogP contribution in [0.1, 0.15) is 6.42 Å². The number of nitrogens with one attached hydrogen (secondary N) is 1. The second kappa shape index (κ2) is 3.78. The van der Waals surface area contributed by atoms with Crippen molar-refractivity contribution >= 4 is 22.9 Å². The SMILES string of the molecule is O=C1NC(C(=O)N2CCC(O)C2)CS1. The van der Waals surface area contributed by atoms with Crippen LogP contribution in [-0.4, -0.2) is 52.1 Å². The number of carbonyl (C=O) groups excluding carboxylic acids is 2. The Labute approximate surface area is 85.8 Å². The van der Waals surface area contributed by atoms with Crippen LogP contribution in [0.2, 0.25) is 0 Å². The van der Waals surface area contributed by atoms with Gasteiger partial charge in [0.1, 0.15) is 6.04 Å². The number of carbonyl (C=O) groups is 2. The Kier molecular flexibility index (Phi) is 2.64. The number of rotatable bonds is 1. The summed E-state index contributed by atoms with van der Waals surface area (Å²) in [5.74, 6) is 0.435. The van der Waals surface area contributed by atoms with Gasteiger partial charge in [0.25, 0.3) is 5.24 Å². The van der Waals surface area contributed by atoms with Gasteiger partial charge in [-0.2, -0.15) is 0 Å². The Hall–Kier alpha value is -0.750. The lowest BCUT2D eigenvalue weighted by Gasteiger charge is -2.19. The van der Waals surface area contributed by atoms with Crippen molar-refractivity contribution in [3.63, 3.8) is 0 Å². The van der Waals surface area contributed by atoms with E-state index in [9.17, 15) is 14.7 Å². The fourth-order valence-corrected chi connectivity index (χ4v) is 2.45. The number of aliphatic hydroxyl groups is 1. The molecule has 2 rings (SSSR count). The van der Waals surface area contributed by atoms with E-state index in [4.69, 9.17) is 0 Å². The molecule has 0 saturated carbocycles. The molecular weight excluding hydrogens is 204 g/mol. The molecule has 0 aliphatic carbocycles. The smallest absolute Gasteiger partial charge is 0.279 e. The van der Waals surface area contributed by atoms with Gasteiger partial charge in [0, 0.05) is 18.8 Å².